The van der Waals surface area contributed by atoms with Gasteiger partial charge >= 0.3 is 6.18 Å². The van der Waals surface area contributed by atoms with Gasteiger partial charge in [-0.05, 0) is 37.3 Å². The maximum Gasteiger partial charge on any atom is 0.416 e. The highest BCUT2D eigenvalue weighted by Gasteiger charge is 2.31. The molecule has 0 saturated carbocycles. The summed E-state index contributed by atoms with van der Waals surface area (Å²) in [6.45, 7) is 9.82. The summed E-state index contributed by atoms with van der Waals surface area (Å²) in [5, 5.41) is 0. The van der Waals surface area contributed by atoms with Crippen LogP contribution in [0.3, 0.4) is 0 Å². The molecular weight excluding hydrogens is 337 g/mol. The smallest absolute Gasteiger partial charge is 0.406 e. The number of halogens is 4. The molecule has 0 spiro atoms. The van der Waals surface area contributed by atoms with E-state index in [0.717, 1.165) is 12.1 Å². The molecule has 1 unspecified atom stereocenters. The van der Waals surface area contributed by atoms with Gasteiger partial charge in [0.05, 0.1) is 5.56 Å². The van der Waals surface area contributed by atoms with E-state index in [1.807, 2.05) is 19.6 Å². The molecule has 1 rings (SSSR count). The summed E-state index contributed by atoms with van der Waals surface area (Å²) in [7, 11) is -1.83. The highest BCUT2D eigenvalue weighted by Crippen LogP contribution is 2.34. The molecular formula is C13H16BrF3OSi. The van der Waals surface area contributed by atoms with E-state index >= 15 is 0 Å². The van der Waals surface area contributed by atoms with Crippen molar-refractivity contribution in [3.05, 3.63) is 46.5 Å². The van der Waals surface area contributed by atoms with Crippen LogP contribution in [0, 0.1) is 0 Å². The van der Waals surface area contributed by atoms with Gasteiger partial charge in [0.1, 0.15) is 6.10 Å². The van der Waals surface area contributed by atoms with Gasteiger partial charge in [0.2, 0.25) is 0 Å². The van der Waals surface area contributed by atoms with E-state index in [0.29, 0.717) is 10.0 Å². The second-order valence-electron chi connectivity index (χ2n) is 5.18. The van der Waals surface area contributed by atoms with E-state index in [4.69, 9.17) is 4.43 Å². The monoisotopic (exact) mass is 352 g/mol. The van der Waals surface area contributed by atoms with Gasteiger partial charge in [-0.3, -0.25) is 0 Å². The fraction of sp³-hybridized carbons (Fsp3) is 0.385. The maximum atomic E-state index is 12.5. The number of hydrogen-bond donors (Lipinski definition) is 0. The van der Waals surface area contributed by atoms with Crippen LogP contribution in [-0.2, 0) is 10.6 Å². The summed E-state index contributed by atoms with van der Waals surface area (Å²) in [5.74, 6) is 0. The van der Waals surface area contributed by atoms with Gasteiger partial charge in [-0.1, -0.05) is 34.6 Å². The molecule has 0 N–H and O–H groups in total. The highest BCUT2D eigenvalue weighted by atomic mass is 79.9. The van der Waals surface area contributed by atoms with Gasteiger partial charge in [0.15, 0.2) is 8.32 Å². The van der Waals surface area contributed by atoms with Crippen molar-refractivity contribution in [2.75, 3.05) is 0 Å². The van der Waals surface area contributed by atoms with Gasteiger partial charge in [-0.2, -0.15) is 13.2 Å². The van der Waals surface area contributed by atoms with E-state index in [1.54, 1.807) is 0 Å². The third kappa shape index (κ3) is 5.12. The van der Waals surface area contributed by atoms with E-state index < -0.39 is 26.2 Å². The minimum absolute atomic E-state index is 0.422. The Balaban J connectivity index is 3.02. The third-order valence-corrected chi connectivity index (χ3v) is 3.66. The van der Waals surface area contributed by atoms with E-state index in [9.17, 15) is 13.2 Å². The van der Waals surface area contributed by atoms with Crippen LogP contribution in [0.4, 0.5) is 13.2 Å². The van der Waals surface area contributed by atoms with Gasteiger partial charge < -0.3 is 4.43 Å². The Labute approximate surface area is 120 Å². The Morgan fingerprint density at radius 2 is 1.68 bits per heavy atom. The second-order valence-corrected chi connectivity index (χ2v) is 10.7. The number of hydrogen-bond acceptors (Lipinski definition) is 1. The zero-order valence-electron chi connectivity index (χ0n) is 11.0. The molecule has 6 heteroatoms. The van der Waals surface area contributed by atoms with Gasteiger partial charge in [-0.25, -0.2) is 0 Å². The predicted molar refractivity (Wildman–Crippen MR) is 76.7 cm³/mol. The topological polar surface area (TPSA) is 9.23 Å². The van der Waals surface area contributed by atoms with E-state index in [1.165, 1.54) is 12.1 Å². The summed E-state index contributed by atoms with van der Waals surface area (Å²) < 4.78 is 44.0. The van der Waals surface area contributed by atoms with Crippen molar-refractivity contribution in [2.45, 2.75) is 31.9 Å². The lowest BCUT2D eigenvalue weighted by molar-refractivity contribution is -0.137. The first-order valence-corrected chi connectivity index (χ1v) is 9.90. The van der Waals surface area contributed by atoms with Crippen LogP contribution < -0.4 is 0 Å². The fourth-order valence-electron chi connectivity index (χ4n) is 1.51. The van der Waals surface area contributed by atoms with Crippen LogP contribution in [0.2, 0.25) is 19.6 Å². The molecule has 0 saturated heterocycles. The summed E-state index contributed by atoms with van der Waals surface area (Å²) in [6.07, 6.45) is -4.74. The first kappa shape index (κ1) is 16.5. The van der Waals surface area contributed by atoms with Crippen molar-refractivity contribution in [3.63, 3.8) is 0 Å². The molecule has 0 aliphatic rings. The van der Waals surface area contributed by atoms with Gasteiger partial charge in [-0.15, -0.1) is 0 Å². The van der Waals surface area contributed by atoms with Crippen LogP contribution in [0.5, 0.6) is 0 Å². The molecule has 0 radical (unpaired) electrons. The summed E-state index contributed by atoms with van der Waals surface area (Å²) in [5.41, 5.74) is 0.000452. The van der Waals surface area contributed by atoms with E-state index in [-0.39, 0.29) is 0 Å². The Hall–Kier alpha value is -0.593. The van der Waals surface area contributed by atoms with Gasteiger partial charge in [0, 0.05) is 4.48 Å². The van der Waals surface area contributed by atoms with E-state index in [2.05, 4.69) is 22.5 Å². The van der Waals surface area contributed by atoms with Crippen molar-refractivity contribution < 1.29 is 17.6 Å². The lowest BCUT2D eigenvalue weighted by atomic mass is 10.1. The molecule has 106 valence electrons. The molecule has 19 heavy (non-hydrogen) atoms. The molecule has 1 nitrogen and oxygen atoms in total. The average molecular weight is 353 g/mol. The Morgan fingerprint density at radius 1 is 1.21 bits per heavy atom. The van der Waals surface area contributed by atoms with Crippen LogP contribution >= 0.6 is 15.9 Å². The average Bonchev–Trinajstić information content (AvgIpc) is 2.23. The molecule has 0 fully saturated rings. The lowest BCUT2D eigenvalue weighted by Crippen LogP contribution is -2.28. The van der Waals surface area contributed by atoms with Crippen LogP contribution in [0.1, 0.15) is 17.2 Å². The largest absolute Gasteiger partial charge is 0.416 e. The van der Waals surface area contributed by atoms with Gasteiger partial charge in [0.25, 0.3) is 0 Å². The van der Waals surface area contributed by atoms with Crippen LogP contribution in [-0.4, -0.2) is 8.32 Å². The van der Waals surface area contributed by atoms with Crippen LogP contribution in [0.15, 0.2) is 35.3 Å². The molecule has 0 amide bonds. The van der Waals surface area contributed by atoms with Crippen molar-refractivity contribution in [1.82, 2.24) is 0 Å². The quantitative estimate of drug-likeness (QED) is 0.649. The number of rotatable bonds is 4. The second kappa shape index (κ2) is 5.81. The van der Waals surface area contributed by atoms with Crippen molar-refractivity contribution in [1.29, 1.82) is 0 Å². The Morgan fingerprint density at radius 3 is 2.00 bits per heavy atom. The molecule has 0 aliphatic heterocycles. The molecule has 0 heterocycles. The minimum Gasteiger partial charge on any atom is -0.406 e. The number of benzene rings is 1. The SMILES string of the molecule is C=C(Br)C(O[Si](C)(C)C)c1ccc(C(F)(F)F)cc1. The van der Waals surface area contributed by atoms with Crippen molar-refractivity contribution in [2.24, 2.45) is 0 Å². The summed E-state index contributed by atoms with van der Waals surface area (Å²) in [6, 6.07) is 4.98. The molecule has 1 aromatic carbocycles. The zero-order chi connectivity index (χ0) is 14.8. The summed E-state index contributed by atoms with van der Waals surface area (Å²) >= 11 is 3.27. The standard InChI is InChI=1S/C13H16BrF3OSi/c1-9(14)12(18-19(2,3)4)10-5-7-11(8-6-10)13(15,16)17/h5-8,12H,1H2,2-4H3. The molecule has 1 atom stereocenters. The third-order valence-electron chi connectivity index (χ3n) is 2.30. The lowest BCUT2D eigenvalue weighted by Gasteiger charge is -2.26. The van der Waals surface area contributed by atoms with Crippen LogP contribution in [0.25, 0.3) is 0 Å². The van der Waals surface area contributed by atoms with Crippen molar-refractivity contribution >= 4 is 24.2 Å². The predicted octanol–water partition coefficient (Wildman–Crippen LogP) is 5.51. The number of alkyl halides is 3. The first-order chi connectivity index (χ1) is 8.50. The molecule has 0 aromatic heterocycles. The Bertz CT molecular complexity index is 448. The molecule has 0 bridgehead atoms. The zero-order valence-corrected chi connectivity index (χ0v) is 13.6. The minimum atomic E-state index is -4.32. The highest BCUT2D eigenvalue weighted by molar-refractivity contribution is 9.11. The first-order valence-electron chi connectivity index (χ1n) is 5.70. The fourth-order valence-corrected chi connectivity index (χ4v) is 3.03. The molecule has 1 aromatic rings. The van der Waals surface area contributed by atoms with Crippen molar-refractivity contribution in [3.8, 4) is 0 Å². The summed E-state index contributed by atoms with van der Waals surface area (Å²) in [4.78, 5) is 0. The Kier molecular flexibility index (Phi) is 5.03. The normalized spacial score (nSPS) is 14.3. The maximum absolute atomic E-state index is 12.5. The molecule has 0 aliphatic carbocycles.